The lowest BCUT2D eigenvalue weighted by Crippen LogP contribution is -2.28. The number of carboxylic acid groups (broad SMARTS) is 1. The first-order valence-corrected chi connectivity index (χ1v) is 7.89. The minimum atomic E-state index is -0.920. The lowest BCUT2D eigenvalue weighted by Gasteiger charge is -2.21. The Balaban J connectivity index is 1.72. The standard InChI is InChI=1S/C17H20N2O4/c20-15-6-3-7-18(15)9-12-4-1-2-5-13(12)10-19-11-14(17(22)23)8-16(19)21/h1-2,4-5,14H,3,6-11H2,(H,22,23)/t14-/m1/s1. The van der Waals surface area contributed by atoms with Gasteiger partial charge in [-0.3, -0.25) is 14.4 Å². The molecule has 2 aliphatic rings. The fraction of sp³-hybridized carbons (Fsp3) is 0.471. The molecule has 0 bridgehead atoms. The van der Waals surface area contributed by atoms with E-state index in [4.69, 9.17) is 5.11 Å². The molecule has 1 N–H and O–H groups in total. The van der Waals surface area contributed by atoms with Crippen LogP contribution in [-0.4, -0.2) is 45.8 Å². The van der Waals surface area contributed by atoms with Gasteiger partial charge in [-0.15, -0.1) is 0 Å². The molecule has 0 unspecified atom stereocenters. The van der Waals surface area contributed by atoms with Crippen molar-refractivity contribution in [3.05, 3.63) is 35.4 Å². The third-order valence-corrected chi connectivity index (χ3v) is 4.58. The molecule has 23 heavy (non-hydrogen) atoms. The first-order chi connectivity index (χ1) is 11.0. The van der Waals surface area contributed by atoms with Crippen LogP contribution in [0.5, 0.6) is 0 Å². The molecule has 2 aliphatic heterocycles. The van der Waals surface area contributed by atoms with Gasteiger partial charge in [0.05, 0.1) is 5.92 Å². The van der Waals surface area contributed by atoms with Crippen LogP contribution in [0.4, 0.5) is 0 Å². The molecule has 1 aromatic carbocycles. The van der Waals surface area contributed by atoms with Crippen molar-refractivity contribution in [2.75, 3.05) is 13.1 Å². The normalized spacial score (nSPS) is 21.3. The summed E-state index contributed by atoms with van der Waals surface area (Å²) in [5.41, 5.74) is 2.00. The minimum absolute atomic E-state index is 0.0715. The Morgan fingerprint density at radius 3 is 2.26 bits per heavy atom. The summed E-state index contributed by atoms with van der Waals surface area (Å²) in [7, 11) is 0. The smallest absolute Gasteiger partial charge is 0.308 e. The maximum absolute atomic E-state index is 12.0. The predicted octanol–water partition coefficient (Wildman–Crippen LogP) is 1.24. The van der Waals surface area contributed by atoms with Gasteiger partial charge in [0.25, 0.3) is 0 Å². The van der Waals surface area contributed by atoms with E-state index in [-0.39, 0.29) is 24.8 Å². The Morgan fingerprint density at radius 1 is 1.09 bits per heavy atom. The summed E-state index contributed by atoms with van der Waals surface area (Å²) >= 11 is 0. The van der Waals surface area contributed by atoms with Gasteiger partial charge in [-0.2, -0.15) is 0 Å². The first kappa shape index (κ1) is 15.5. The molecule has 2 fully saturated rings. The number of hydrogen-bond acceptors (Lipinski definition) is 3. The highest BCUT2D eigenvalue weighted by atomic mass is 16.4. The Bertz CT molecular complexity index is 643. The number of hydrogen-bond donors (Lipinski definition) is 1. The summed E-state index contributed by atoms with van der Waals surface area (Å²) < 4.78 is 0. The number of carbonyl (C=O) groups excluding carboxylic acids is 2. The molecule has 2 saturated heterocycles. The quantitative estimate of drug-likeness (QED) is 0.886. The Morgan fingerprint density at radius 2 is 1.74 bits per heavy atom. The van der Waals surface area contributed by atoms with E-state index < -0.39 is 11.9 Å². The monoisotopic (exact) mass is 316 g/mol. The van der Waals surface area contributed by atoms with E-state index in [0.717, 1.165) is 24.1 Å². The van der Waals surface area contributed by atoms with E-state index in [2.05, 4.69) is 0 Å². The lowest BCUT2D eigenvalue weighted by atomic mass is 10.1. The zero-order chi connectivity index (χ0) is 16.4. The molecule has 6 heteroatoms. The van der Waals surface area contributed by atoms with Crippen molar-refractivity contribution < 1.29 is 19.5 Å². The SMILES string of the molecule is O=C(O)[C@@H]1CC(=O)N(Cc2ccccc2CN2CCCC2=O)C1. The van der Waals surface area contributed by atoms with Gasteiger partial charge < -0.3 is 14.9 Å². The Hall–Kier alpha value is -2.37. The number of carboxylic acids is 1. The van der Waals surface area contributed by atoms with Crippen molar-refractivity contribution >= 4 is 17.8 Å². The highest BCUT2D eigenvalue weighted by molar-refractivity contribution is 5.86. The van der Waals surface area contributed by atoms with E-state index in [1.54, 1.807) is 4.90 Å². The molecule has 2 heterocycles. The molecule has 0 aromatic heterocycles. The average Bonchev–Trinajstić information content (AvgIpc) is 3.08. The predicted molar refractivity (Wildman–Crippen MR) is 82.3 cm³/mol. The van der Waals surface area contributed by atoms with Crippen molar-refractivity contribution in [3.63, 3.8) is 0 Å². The van der Waals surface area contributed by atoms with Crippen molar-refractivity contribution in [2.24, 2.45) is 5.92 Å². The van der Waals surface area contributed by atoms with E-state index >= 15 is 0 Å². The highest BCUT2D eigenvalue weighted by Gasteiger charge is 2.34. The van der Waals surface area contributed by atoms with Crippen molar-refractivity contribution in [1.82, 2.24) is 9.80 Å². The second kappa shape index (κ2) is 6.40. The second-order valence-corrected chi connectivity index (χ2v) is 6.20. The van der Waals surface area contributed by atoms with Gasteiger partial charge in [-0.25, -0.2) is 0 Å². The summed E-state index contributed by atoms with van der Waals surface area (Å²) in [4.78, 5) is 38.3. The van der Waals surface area contributed by atoms with E-state index in [9.17, 15) is 14.4 Å². The molecular weight excluding hydrogens is 296 g/mol. The maximum atomic E-state index is 12.0. The molecule has 0 aliphatic carbocycles. The number of nitrogens with zero attached hydrogens (tertiary/aromatic N) is 2. The largest absolute Gasteiger partial charge is 0.481 e. The summed E-state index contributed by atoms with van der Waals surface area (Å²) in [6, 6.07) is 7.73. The third kappa shape index (κ3) is 3.36. The van der Waals surface area contributed by atoms with Crippen LogP contribution in [0, 0.1) is 5.92 Å². The van der Waals surface area contributed by atoms with Crippen LogP contribution in [0.1, 0.15) is 30.4 Å². The van der Waals surface area contributed by atoms with Gasteiger partial charge in [0, 0.05) is 39.0 Å². The van der Waals surface area contributed by atoms with Crippen molar-refractivity contribution in [1.29, 1.82) is 0 Å². The zero-order valence-corrected chi connectivity index (χ0v) is 12.9. The first-order valence-electron chi connectivity index (χ1n) is 7.89. The van der Waals surface area contributed by atoms with Gasteiger partial charge in [0.15, 0.2) is 0 Å². The number of carbonyl (C=O) groups is 3. The summed E-state index contributed by atoms with van der Waals surface area (Å²) in [5, 5.41) is 9.07. The molecule has 1 atom stereocenters. The third-order valence-electron chi connectivity index (χ3n) is 4.58. The molecule has 2 amide bonds. The second-order valence-electron chi connectivity index (χ2n) is 6.20. The molecular formula is C17H20N2O4. The molecule has 1 aromatic rings. The molecule has 6 nitrogen and oxygen atoms in total. The van der Waals surface area contributed by atoms with Crippen LogP contribution in [0.3, 0.4) is 0 Å². The van der Waals surface area contributed by atoms with Gasteiger partial charge in [-0.1, -0.05) is 24.3 Å². The van der Waals surface area contributed by atoms with Crippen LogP contribution in [-0.2, 0) is 27.5 Å². The molecule has 0 radical (unpaired) electrons. The fourth-order valence-electron chi connectivity index (χ4n) is 3.24. The van der Waals surface area contributed by atoms with Gasteiger partial charge in [0.2, 0.25) is 11.8 Å². The summed E-state index contributed by atoms with van der Waals surface area (Å²) in [5.74, 6) is -1.49. The average molecular weight is 316 g/mol. The zero-order valence-electron chi connectivity index (χ0n) is 12.9. The molecule has 0 saturated carbocycles. The number of likely N-dealkylation sites (tertiary alicyclic amines) is 2. The summed E-state index contributed by atoms with van der Waals surface area (Å²) in [6.45, 7) is 1.99. The van der Waals surface area contributed by atoms with Crippen LogP contribution >= 0.6 is 0 Å². The molecule has 0 spiro atoms. The van der Waals surface area contributed by atoms with Gasteiger partial charge >= 0.3 is 5.97 Å². The Labute approximate surface area is 134 Å². The van der Waals surface area contributed by atoms with Crippen LogP contribution in [0.25, 0.3) is 0 Å². The number of benzene rings is 1. The fourth-order valence-corrected chi connectivity index (χ4v) is 3.24. The van der Waals surface area contributed by atoms with Gasteiger partial charge in [0.1, 0.15) is 0 Å². The van der Waals surface area contributed by atoms with E-state index in [1.807, 2.05) is 29.2 Å². The topological polar surface area (TPSA) is 77.9 Å². The number of amides is 2. The summed E-state index contributed by atoms with van der Waals surface area (Å²) in [6.07, 6.45) is 1.57. The van der Waals surface area contributed by atoms with Crippen molar-refractivity contribution in [3.8, 4) is 0 Å². The Kier molecular flexibility index (Phi) is 4.32. The number of aliphatic carboxylic acids is 1. The maximum Gasteiger partial charge on any atom is 0.308 e. The lowest BCUT2D eigenvalue weighted by molar-refractivity contribution is -0.141. The minimum Gasteiger partial charge on any atom is -0.481 e. The van der Waals surface area contributed by atoms with Gasteiger partial charge in [-0.05, 0) is 17.5 Å². The van der Waals surface area contributed by atoms with Crippen molar-refractivity contribution in [2.45, 2.75) is 32.4 Å². The molecule has 3 rings (SSSR count). The van der Waals surface area contributed by atoms with E-state index in [0.29, 0.717) is 19.5 Å². The molecule has 122 valence electrons. The van der Waals surface area contributed by atoms with Crippen LogP contribution in [0.2, 0.25) is 0 Å². The van der Waals surface area contributed by atoms with Crippen LogP contribution < -0.4 is 0 Å². The van der Waals surface area contributed by atoms with Crippen LogP contribution in [0.15, 0.2) is 24.3 Å². The van der Waals surface area contributed by atoms with E-state index in [1.165, 1.54) is 0 Å². The highest BCUT2D eigenvalue weighted by Crippen LogP contribution is 2.23. The number of rotatable bonds is 5.